The second kappa shape index (κ2) is 7.72. The van der Waals surface area contributed by atoms with E-state index in [0.29, 0.717) is 27.5 Å². The van der Waals surface area contributed by atoms with Crippen molar-refractivity contribution in [1.82, 2.24) is 14.9 Å². The lowest BCUT2D eigenvalue weighted by Crippen LogP contribution is -1.98. The fraction of sp³-hybridized carbons (Fsp3) is 0.0435. The zero-order chi connectivity index (χ0) is 21.5. The van der Waals surface area contributed by atoms with E-state index in [-0.39, 0.29) is 16.3 Å². The van der Waals surface area contributed by atoms with Gasteiger partial charge in [0.2, 0.25) is 0 Å². The summed E-state index contributed by atoms with van der Waals surface area (Å²) in [6.07, 6.45) is 4.75. The predicted octanol–water partition coefficient (Wildman–Crippen LogP) is 7.21. The lowest BCUT2D eigenvalue weighted by atomic mass is 9.98. The highest BCUT2D eigenvalue weighted by Crippen LogP contribution is 2.43. The topological polar surface area (TPSA) is 57.0 Å². The summed E-state index contributed by atoms with van der Waals surface area (Å²) in [6, 6.07) is 13.6. The van der Waals surface area contributed by atoms with Gasteiger partial charge < -0.3 is 8.94 Å². The summed E-state index contributed by atoms with van der Waals surface area (Å²) in [5.41, 5.74) is 3.99. The van der Waals surface area contributed by atoms with Crippen LogP contribution in [0, 0.1) is 12.7 Å². The van der Waals surface area contributed by atoms with E-state index >= 15 is 0 Å². The standard InChI is InChI=1S/C23H14Cl2FN3O2/c1-13-17(11-27-29(13)16-5-2-4-15(24)10-16)23-20(14-8-9-30-12-14)22(28-31-23)21-18(25)6-3-7-19(21)26/h2-12H,1H3. The average Bonchev–Trinajstić information content (AvgIpc) is 3.47. The van der Waals surface area contributed by atoms with Crippen molar-refractivity contribution in [1.29, 1.82) is 0 Å². The van der Waals surface area contributed by atoms with E-state index in [9.17, 15) is 4.39 Å². The van der Waals surface area contributed by atoms with Crippen LogP contribution in [0.3, 0.4) is 0 Å². The summed E-state index contributed by atoms with van der Waals surface area (Å²) in [5, 5.41) is 9.50. The van der Waals surface area contributed by atoms with Crippen LogP contribution in [-0.4, -0.2) is 14.9 Å². The van der Waals surface area contributed by atoms with Crippen molar-refractivity contribution in [3.8, 4) is 39.4 Å². The second-order valence-electron chi connectivity index (χ2n) is 6.88. The summed E-state index contributed by atoms with van der Waals surface area (Å²) < 4.78 is 27.4. The number of nitrogens with zero attached hydrogens (tertiary/aromatic N) is 3. The Balaban J connectivity index is 1.73. The Bertz CT molecular complexity index is 1370. The lowest BCUT2D eigenvalue weighted by molar-refractivity contribution is 0.434. The third-order valence-electron chi connectivity index (χ3n) is 5.01. The molecular weight excluding hydrogens is 440 g/mol. The van der Waals surface area contributed by atoms with Gasteiger partial charge >= 0.3 is 0 Å². The number of rotatable bonds is 4. The summed E-state index contributed by atoms with van der Waals surface area (Å²) >= 11 is 12.4. The van der Waals surface area contributed by atoms with Crippen LogP contribution in [0.4, 0.5) is 4.39 Å². The normalized spacial score (nSPS) is 11.2. The number of hydrogen-bond donors (Lipinski definition) is 0. The maximum atomic E-state index is 14.7. The molecule has 3 heterocycles. The molecule has 5 aromatic rings. The van der Waals surface area contributed by atoms with Crippen LogP contribution in [0.15, 0.2) is 76.2 Å². The molecule has 0 aliphatic rings. The molecule has 0 atom stereocenters. The molecule has 8 heteroatoms. The first kappa shape index (κ1) is 19.6. The summed E-state index contributed by atoms with van der Waals surface area (Å²) in [4.78, 5) is 0. The largest absolute Gasteiger partial charge is 0.472 e. The maximum Gasteiger partial charge on any atom is 0.178 e. The van der Waals surface area contributed by atoms with Crippen molar-refractivity contribution >= 4 is 23.2 Å². The molecule has 0 aliphatic heterocycles. The number of furan rings is 1. The van der Waals surface area contributed by atoms with E-state index in [0.717, 1.165) is 11.4 Å². The number of halogens is 3. The smallest absolute Gasteiger partial charge is 0.178 e. The summed E-state index contributed by atoms with van der Waals surface area (Å²) in [7, 11) is 0. The van der Waals surface area contributed by atoms with Gasteiger partial charge in [0.1, 0.15) is 11.5 Å². The zero-order valence-corrected chi connectivity index (χ0v) is 17.7. The molecule has 5 rings (SSSR count). The highest BCUT2D eigenvalue weighted by Gasteiger charge is 2.27. The van der Waals surface area contributed by atoms with Crippen molar-refractivity contribution in [2.45, 2.75) is 6.92 Å². The molecular formula is C23H14Cl2FN3O2. The first-order chi connectivity index (χ1) is 15.0. The van der Waals surface area contributed by atoms with Crippen LogP contribution in [0.25, 0.3) is 39.4 Å². The van der Waals surface area contributed by atoms with Crippen molar-refractivity contribution in [3.05, 3.63) is 88.8 Å². The molecule has 31 heavy (non-hydrogen) atoms. The third-order valence-corrected chi connectivity index (χ3v) is 5.56. The zero-order valence-electron chi connectivity index (χ0n) is 16.1. The Kier molecular flexibility index (Phi) is 4.88. The van der Waals surface area contributed by atoms with E-state index < -0.39 is 5.82 Å². The Morgan fingerprint density at radius 2 is 1.87 bits per heavy atom. The molecule has 0 bridgehead atoms. The van der Waals surface area contributed by atoms with Crippen molar-refractivity contribution < 1.29 is 13.3 Å². The molecule has 0 unspecified atom stereocenters. The van der Waals surface area contributed by atoms with Crippen molar-refractivity contribution in [3.63, 3.8) is 0 Å². The Hall–Kier alpha value is -3.35. The molecule has 154 valence electrons. The molecule has 0 saturated heterocycles. The fourth-order valence-corrected chi connectivity index (χ4v) is 3.98. The fourth-order valence-electron chi connectivity index (χ4n) is 3.54. The molecule has 0 N–H and O–H groups in total. The van der Waals surface area contributed by atoms with Crippen LogP contribution >= 0.6 is 23.2 Å². The monoisotopic (exact) mass is 453 g/mol. The van der Waals surface area contributed by atoms with E-state index in [1.54, 1.807) is 41.4 Å². The molecule has 0 spiro atoms. The highest BCUT2D eigenvalue weighted by molar-refractivity contribution is 6.33. The molecule has 5 nitrogen and oxygen atoms in total. The van der Waals surface area contributed by atoms with E-state index in [4.69, 9.17) is 32.1 Å². The van der Waals surface area contributed by atoms with Crippen LogP contribution < -0.4 is 0 Å². The Morgan fingerprint density at radius 3 is 2.61 bits per heavy atom. The van der Waals surface area contributed by atoms with Gasteiger partial charge in [0, 0.05) is 10.6 Å². The van der Waals surface area contributed by atoms with Gasteiger partial charge in [0.15, 0.2) is 5.76 Å². The van der Waals surface area contributed by atoms with Crippen LogP contribution in [0.2, 0.25) is 10.0 Å². The second-order valence-corrected chi connectivity index (χ2v) is 7.72. The quantitative estimate of drug-likeness (QED) is 0.288. The number of aromatic nitrogens is 3. The molecule has 0 saturated carbocycles. The highest BCUT2D eigenvalue weighted by atomic mass is 35.5. The van der Waals surface area contributed by atoms with Crippen molar-refractivity contribution in [2.24, 2.45) is 0 Å². The van der Waals surface area contributed by atoms with Gasteiger partial charge in [-0.1, -0.05) is 40.5 Å². The minimum Gasteiger partial charge on any atom is -0.472 e. The Labute approximate surface area is 186 Å². The minimum absolute atomic E-state index is 0.162. The van der Waals surface area contributed by atoms with Gasteiger partial charge in [-0.05, 0) is 43.3 Å². The lowest BCUT2D eigenvalue weighted by Gasteiger charge is -2.07. The summed E-state index contributed by atoms with van der Waals surface area (Å²) in [5.74, 6) is -0.0649. The van der Waals surface area contributed by atoms with E-state index in [1.807, 2.05) is 25.1 Å². The van der Waals surface area contributed by atoms with Gasteiger partial charge in [-0.15, -0.1) is 0 Å². The Morgan fingerprint density at radius 1 is 1.03 bits per heavy atom. The summed E-state index contributed by atoms with van der Waals surface area (Å²) in [6.45, 7) is 1.90. The van der Waals surface area contributed by atoms with Crippen molar-refractivity contribution in [2.75, 3.05) is 0 Å². The van der Waals surface area contributed by atoms with Crippen LogP contribution in [0.5, 0.6) is 0 Å². The molecule has 3 aromatic heterocycles. The molecule has 0 radical (unpaired) electrons. The molecule has 2 aromatic carbocycles. The minimum atomic E-state index is -0.497. The van der Waals surface area contributed by atoms with E-state index in [1.165, 1.54) is 12.3 Å². The predicted molar refractivity (Wildman–Crippen MR) is 117 cm³/mol. The number of benzene rings is 2. The third kappa shape index (κ3) is 3.34. The van der Waals surface area contributed by atoms with Gasteiger partial charge in [-0.25, -0.2) is 9.07 Å². The SMILES string of the molecule is Cc1c(-c2onc(-c3c(F)cccc3Cl)c2-c2ccoc2)cnn1-c1cccc(Cl)c1. The first-order valence-electron chi connectivity index (χ1n) is 9.32. The van der Waals surface area contributed by atoms with E-state index in [2.05, 4.69) is 10.3 Å². The maximum absolute atomic E-state index is 14.7. The van der Waals surface area contributed by atoms with Crippen LogP contribution in [-0.2, 0) is 0 Å². The molecule has 0 fully saturated rings. The average molecular weight is 454 g/mol. The van der Waals surface area contributed by atoms with Gasteiger partial charge in [-0.2, -0.15) is 5.10 Å². The molecule has 0 aliphatic carbocycles. The number of hydrogen-bond acceptors (Lipinski definition) is 4. The van der Waals surface area contributed by atoms with Gasteiger partial charge in [0.05, 0.1) is 51.8 Å². The first-order valence-corrected chi connectivity index (χ1v) is 10.1. The molecule has 0 amide bonds. The van der Waals surface area contributed by atoms with Gasteiger partial charge in [0.25, 0.3) is 0 Å². The van der Waals surface area contributed by atoms with Gasteiger partial charge in [-0.3, -0.25) is 0 Å². The van der Waals surface area contributed by atoms with Crippen LogP contribution in [0.1, 0.15) is 5.69 Å².